The quantitative estimate of drug-likeness (QED) is 0.815. The Morgan fingerprint density at radius 3 is 3.29 bits per heavy atom. The second kappa shape index (κ2) is 5.95. The Morgan fingerprint density at radius 2 is 2.59 bits per heavy atom. The molecule has 5 heteroatoms. The van der Waals surface area contributed by atoms with Gasteiger partial charge < -0.3 is 15.4 Å². The van der Waals surface area contributed by atoms with Crippen LogP contribution in [0.5, 0.6) is 0 Å². The highest BCUT2D eigenvalue weighted by Gasteiger charge is 2.21. The first-order chi connectivity index (χ1) is 8.29. The van der Waals surface area contributed by atoms with Gasteiger partial charge in [-0.3, -0.25) is 4.79 Å². The van der Waals surface area contributed by atoms with Gasteiger partial charge in [-0.15, -0.1) is 11.3 Å². The van der Waals surface area contributed by atoms with Gasteiger partial charge in [0.05, 0.1) is 12.7 Å². The maximum atomic E-state index is 11.9. The van der Waals surface area contributed by atoms with Crippen molar-refractivity contribution >= 4 is 23.3 Å². The second-order valence-electron chi connectivity index (χ2n) is 3.86. The number of thiophene rings is 1. The van der Waals surface area contributed by atoms with E-state index in [0.29, 0.717) is 26.2 Å². The number of ether oxygens (including phenoxy) is 1. The van der Waals surface area contributed by atoms with E-state index in [1.54, 1.807) is 22.3 Å². The zero-order valence-electron chi connectivity index (χ0n) is 9.54. The number of carbonyl (C=O) groups is 1. The molecule has 0 saturated carbocycles. The van der Waals surface area contributed by atoms with Gasteiger partial charge in [-0.25, -0.2) is 0 Å². The van der Waals surface area contributed by atoms with E-state index in [2.05, 4.69) is 0 Å². The molecule has 0 spiro atoms. The number of nitrogens with zero attached hydrogens (tertiary/aromatic N) is 1. The van der Waals surface area contributed by atoms with Crippen LogP contribution in [-0.2, 0) is 9.53 Å². The predicted molar refractivity (Wildman–Crippen MR) is 68.7 cm³/mol. The molecule has 0 aliphatic carbocycles. The lowest BCUT2D eigenvalue weighted by Gasteiger charge is -2.31. The Balaban J connectivity index is 1.91. The van der Waals surface area contributed by atoms with Gasteiger partial charge in [-0.1, -0.05) is 6.07 Å². The zero-order valence-corrected chi connectivity index (χ0v) is 10.4. The van der Waals surface area contributed by atoms with Crippen molar-refractivity contribution in [3.05, 3.63) is 28.5 Å². The third-order valence-electron chi connectivity index (χ3n) is 2.65. The molecule has 92 valence electrons. The minimum atomic E-state index is -0.0252. The Hall–Kier alpha value is -1.17. The summed E-state index contributed by atoms with van der Waals surface area (Å²) in [5, 5.41) is 1.99. The second-order valence-corrected chi connectivity index (χ2v) is 4.84. The fourth-order valence-electron chi connectivity index (χ4n) is 1.71. The van der Waals surface area contributed by atoms with Crippen LogP contribution in [0, 0.1) is 0 Å². The van der Waals surface area contributed by atoms with Crippen molar-refractivity contribution in [3.63, 3.8) is 0 Å². The molecule has 1 aromatic heterocycles. The van der Waals surface area contributed by atoms with E-state index < -0.39 is 0 Å². The van der Waals surface area contributed by atoms with E-state index in [1.165, 1.54) is 0 Å². The molecule has 17 heavy (non-hydrogen) atoms. The van der Waals surface area contributed by atoms with Crippen molar-refractivity contribution in [2.24, 2.45) is 5.73 Å². The molecular weight excluding hydrogens is 236 g/mol. The smallest absolute Gasteiger partial charge is 0.246 e. The molecule has 1 unspecified atom stereocenters. The average Bonchev–Trinajstić information content (AvgIpc) is 2.89. The van der Waals surface area contributed by atoms with Crippen molar-refractivity contribution in [1.29, 1.82) is 0 Å². The fourth-order valence-corrected chi connectivity index (χ4v) is 2.33. The number of rotatable bonds is 3. The largest absolute Gasteiger partial charge is 0.373 e. The van der Waals surface area contributed by atoms with Gasteiger partial charge in [-0.05, 0) is 17.5 Å². The van der Waals surface area contributed by atoms with Gasteiger partial charge >= 0.3 is 0 Å². The Labute approximate surface area is 105 Å². The van der Waals surface area contributed by atoms with Crippen LogP contribution in [0.2, 0.25) is 0 Å². The fraction of sp³-hybridized carbons (Fsp3) is 0.417. The van der Waals surface area contributed by atoms with Gasteiger partial charge in [0.1, 0.15) is 0 Å². The molecule has 1 aromatic rings. The van der Waals surface area contributed by atoms with E-state index in [1.807, 2.05) is 23.6 Å². The van der Waals surface area contributed by atoms with E-state index in [4.69, 9.17) is 10.5 Å². The van der Waals surface area contributed by atoms with E-state index >= 15 is 0 Å². The standard InChI is InChI=1S/C12H16N2O2S/c13-8-10-9-14(5-6-16-10)12(15)4-3-11-2-1-7-17-11/h1-4,7,10H,5-6,8-9,13H2/b4-3+. The SMILES string of the molecule is NCC1CN(C(=O)/C=C/c2cccs2)CCO1. The van der Waals surface area contributed by atoms with Crippen LogP contribution in [0.4, 0.5) is 0 Å². The number of hydrogen-bond acceptors (Lipinski definition) is 4. The van der Waals surface area contributed by atoms with Crippen molar-refractivity contribution < 1.29 is 9.53 Å². The lowest BCUT2D eigenvalue weighted by molar-refractivity contribution is -0.133. The molecule has 1 fully saturated rings. The third kappa shape index (κ3) is 3.39. The molecular formula is C12H16N2O2S. The first-order valence-corrected chi connectivity index (χ1v) is 6.49. The van der Waals surface area contributed by atoms with Gasteiger partial charge in [0.25, 0.3) is 0 Å². The van der Waals surface area contributed by atoms with Gasteiger partial charge in [0.15, 0.2) is 0 Å². The van der Waals surface area contributed by atoms with Crippen molar-refractivity contribution in [2.45, 2.75) is 6.10 Å². The van der Waals surface area contributed by atoms with Gasteiger partial charge in [0, 0.05) is 30.6 Å². The number of hydrogen-bond donors (Lipinski definition) is 1. The zero-order chi connectivity index (χ0) is 12.1. The summed E-state index contributed by atoms with van der Waals surface area (Å²) < 4.78 is 5.42. The van der Waals surface area contributed by atoms with Crippen LogP contribution in [-0.4, -0.2) is 43.2 Å². The number of nitrogens with two attached hydrogens (primary N) is 1. The first kappa shape index (κ1) is 12.3. The maximum absolute atomic E-state index is 11.9. The molecule has 0 bridgehead atoms. The summed E-state index contributed by atoms with van der Waals surface area (Å²) in [6, 6.07) is 3.95. The first-order valence-electron chi connectivity index (χ1n) is 5.62. The topological polar surface area (TPSA) is 55.6 Å². The minimum absolute atomic E-state index is 0.0252. The number of morpholine rings is 1. The average molecular weight is 252 g/mol. The summed E-state index contributed by atoms with van der Waals surface area (Å²) in [4.78, 5) is 14.8. The molecule has 2 rings (SSSR count). The lowest BCUT2D eigenvalue weighted by Crippen LogP contribution is -2.47. The van der Waals surface area contributed by atoms with E-state index in [9.17, 15) is 4.79 Å². The van der Waals surface area contributed by atoms with Crippen LogP contribution in [0.25, 0.3) is 6.08 Å². The van der Waals surface area contributed by atoms with Crippen LogP contribution in [0.15, 0.2) is 23.6 Å². The molecule has 1 atom stereocenters. The number of amides is 1. The molecule has 1 amide bonds. The molecule has 2 heterocycles. The summed E-state index contributed by atoms with van der Waals surface area (Å²) in [5.41, 5.74) is 5.54. The Kier molecular flexibility index (Phi) is 4.30. The maximum Gasteiger partial charge on any atom is 0.246 e. The molecule has 4 nitrogen and oxygen atoms in total. The van der Waals surface area contributed by atoms with Crippen molar-refractivity contribution in [2.75, 3.05) is 26.2 Å². The highest BCUT2D eigenvalue weighted by Crippen LogP contribution is 2.11. The monoisotopic (exact) mass is 252 g/mol. The van der Waals surface area contributed by atoms with Crippen LogP contribution in [0.3, 0.4) is 0 Å². The minimum Gasteiger partial charge on any atom is -0.373 e. The van der Waals surface area contributed by atoms with Crippen LogP contribution < -0.4 is 5.73 Å². The van der Waals surface area contributed by atoms with Crippen molar-refractivity contribution in [3.8, 4) is 0 Å². The summed E-state index contributed by atoms with van der Waals surface area (Å²) >= 11 is 1.61. The van der Waals surface area contributed by atoms with Gasteiger partial charge in [0.2, 0.25) is 5.91 Å². The number of carbonyl (C=O) groups excluding carboxylic acids is 1. The van der Waals surface area contributed by atoms with E-state index in [0.717, 1.165) is 4.88 Å². The predicted octanol–water partition coefficient (Wildman–Crippen LogP) is 0.947. The van der Waals surface area contributed by atoms with Crippen molar-refractivity contribution in [1.82, 2.24) is 4.90 Å². The Bertz CT molecular complexity index is 389. The molecule has 1 saturated heterocycles. The highest BCUT2D eigenvalue weighted by molar-refractivity contribution is 7.10. The molecule has 0 radical (unpaired) electrons. The third-order valence-corrected chi connectivity index (χ3v) is 3.48. The van der Waals surface area contributed by atoms with Gasteiger partial charge in [-0.2, -0.15) is 0 Å². The summed E-state index contributed by atoms with van der Waals surface area (Å²) in [6.45, 7) is 2.26. The molecule has 2 N–H and O–H groups in total. The molecule has 0 aromatic carbocycles. The normalized spacial score (nSPS) is 21.0. The summed E-state index contributed by atoms with van der Waals surface area (Å²) in [6.07, 6.45) is 3.44. The Morgan fingerprint density at radius 1 is 1.71 bits per heavy atom. The van der Waals surface area contributed by atoms with Crippen LogP contribution in [0.1, 0.15) is 4.88 Å². The van der Waals surface area contributed by atoms with E-state index in [-0.39, 0.29) is 12.0 Å². The summed E-state index contributed by atoms with van der Waals surface area (Å²) in [7, 11) is 0. The molecule has 1 aliphatic heterocycles. The van der Waals surface area contributed by atoms with Crippen LogP contribution >= 0.6 is 11.3 Å². The summed E-state index contributed by atoms with van der Waals surface area (Å²) in [5.74, 6) is 0.0279. The highest BCUT2D eigenvalue weighted by atomic mass is 32.1. The lowest BCUT2D eigenvalue weighted by atomic mass is 10.2. The molecule has 1 aliphatic rings.